The van der Waals surface area contributed by atoms with Gasteiger partial charge in [-0.15, -0.1) is 0 Å². The predicted molar refractivity (Wildman–Crippen MR) is 87.6 cm³/mol. The molecular weight excluding hydrogens is 349 g/mol. The second-order valence-corrected chi connectivity index (χ2v) is 7.97. The number of carboxylic acid groups (broad SMARTS) is 1. The smallest absolute Gasteiger partial charge is 0.326 e. The van der Waals surface area contributed by atoms with Crippen LogP contribution >= 0.6 is 34.8 Å². The lowest BCUT2D eigenvalue weighted by Gasteiger charge is -2.36. The summed E-state index contributed by atoms with van der Waals surface area (Å²) < 4.78 is 4.15. The molecule has 1 atom stereocenters. The molecule has 1 N–H and O–H groups in total. The minimum absolute atomic E-state index is 0.0674. The van der Waals surface area contributed by atoms with Gasteiger partial charge in [0, 0.05) is 6.54 Å². The SMILES string of the molecule is O=C(O)[C@]1(COCc2ccccc2)CCCN1CC(Cl)(Cl)Cl. The Labute approximate surface area is 144 Å². The van der Waals surface area contributed by atoms with Gasteiger partial charge < -0.3 is 9.84 Å². The van der Waals surface area contributed by atoms with Gasteiger partial charge in [-0.25, -0.2) is 0 Å². The molecule has 4 nitrogen and oxygen atoms in total. The molecule has 0 spiro atoms. The van der Waals surface area contributed by atoms with Crippen molar-refractivity contribution in [3.05, 3.63) is 35.9 Å². The third-order valence-electron chi connectivity index (χ3n) is 3.84. The molecule has 1 aromatic rings. The van der Waals surface area contributed by atoms with Crippen LogP contribution in [0.3, 0.4) is 0 Å². The van der Waals surface area contributed by atoms with Gasteiger partial charge in [0.2, 0.25) is 3.79 Å². The fourth-order valence-electron chi connectivity index (χ4n) is 2.76. The number of hydrogen-bond donors (Lipinski definition) is 1. The first kappa shape index (κ1) is 17.8. The Balaban J connectivity index is 2.03. The van der Waals surface area contributed by atoms with Crippen molar-refractivity contribution in [2.75, 3.05) is 19.7 Å². The van der Waals surface area contributed by atoms with Gasteiger partial charge in [-0.3, -0.25) is 9.69 Å². The summed E-state index contributed by atoms with van der Waals surface area (Å²) in [5, 5.41) is 9.68. The highest BCUT2D eigenvalue weighted by molar-refractivity contribution is 6.67. The number of nitrogens with zero attached hydrogens (tertiary/aromatic N) is 1. The summed E-state index contributed by atoms with van der Waals surface area (Å²) in [7, 11) is 0. The van der Waals surface area contributed by atoms with E-state index in [4.69, 9.17) is 39.5 Å². The van der Waals surface area contributed by atoms with Gasteiger partial charge in [0.25, 0.3) is 0 Å². The van der Waals surface area contributed by atoms with Crippen LogP contribution in [-0.2, 0) is 16.1 Å². The first-order valence-corrected chi connectivity index (χ1v) is 8.14. The number of likely N-dealkylation sites (tertiary alicyclic amines) is 1. The summed E-state index contributed by atoms with van der Waals surface area (Å²) in [4.78, 5) is 13.5. The number of benzene rings is 1. The molecule has 7 heteroatoms. The van der Waals surface area contributed by atoms with Crippen LogP contribution < -0.4 is 0 Å². The lowest BCUT2D eigenvalue weighted by molar-refractivity contribution is -0.154. The van der Waals surface area contributed by atoms with Crippen LogP contribution in [0.5, 0.6) is 0 Å². The minimum Gasteiger partial charge on any atom is -0.480 e. The zero-order valence-electron chi connectivity index (χ0n) is 12.0. The number of carbonyl (C=O) groups is 1. The van der Waals surface area contributed by atoms with E-state index in [9.17, 15) is 9.90 Å². The van der Waals surface area contributed by atoms with E-state index in [0.717, 1.165) is 12.0 Å². The van der Waals surface area contributed by atoms with Crippen LogP contribution in [0.1, 0.15) is 18.4 Å². The molecule has 1 saturated heterocycles. The van der Waals surface area contributed by atoms with Crippen LogP contribution in [0.4, 0.5) is 0 Å². The number of rotatable bonds is 6. The van der Waals surface area contributed by atoms with E-state index in [0.29, 0.717) is 19.6 Å². The highest BCUT2D eigenvalue weighted by Crippen LogP contribution is 2.36. The summed E-state index contributed by atoms with van der Waals surface area (Å²) >= 11 is 17.5. The van der Waals surface area contributed by atoms with Crippen LogP contribution in [0.15, 0.2) is 30.3 Å². The molecule has 1 fully saturated rings. The van der Waals surface area contributed by atoms with Gasteiger partial charge in [0.15, 0.2) is 0 Å². The fraction of sp³-hybridized carbons (Fsp3) is 0.533. The molecule has 0 aromatic heterocycles. The van der Waals surface area contributed by atoms with Crippen LogP contribution in [0, 0.1) is 0 Å². The van der Waals surface area contributed by atoms with Crippen molar-refractivity contribution < 1.29 is 14.6 Å². The second-order valence-electron chi connectivity index (χ2n) is 5.46. The van der Waals surface area contributed by atoms with Gasteiger partial charge >= 0.3 is 5.97 Å². The molecule has 0 radical (unpaired) electrons. The average Bonchev–Trinajstić information content (AvgIpc) is 2.82. The summed E-state index contributed by atoms with van der Waals surface area (Å²) in [6, 6.07) is 9.61. The summed E-state index contributed by atoms with van der Waals surface area (Å²) in [5.74, 6) is -0.938. The molecular formula is C15H18Cl3NO3. The second kappa shape index (κ2) is 7.37. The van der Waals surface area contributed by atoms with Crippen molar-refractivity contribution in [3.63, 3.8) is 0 Å². The number of ether oxygens (including phenoxy) is 1. The van der Waals surface area contributed by atoms with E-state index >= 15 is 0 Å². The molecule has 0 bridgehead atoms. The average molecular weight is 367 g/mol. The van der Waals surface area contributed by atoms with E-state index in [2.05, 4.69) is 0 Å². The van der Waals surface area contributed by atoms with Crippen molar-refractivity contribution in [1.82, 2.24) is 4.90 Å². The Morgan fingerprint density at radius 1 is 1.32 bits per heavy atom. The maximum atomic E-state index is 11.8. The zero-order chi connectivity index (χ0) is 16.2. The lowest BCUT2D eigenvalue weighted by Crippen LogP contribution is -2.56. The standard InChI is InChI=1S/C15H18Cl3NO3/c16-15(17,18)10-19-8-4-7-14(19,13(20)21)11-22-9-12-5-2-1-3-6-12/h1-3,5-6H,4,7-11H2,(H,20,21)/t14-/m1/s1. The van der Waals surface area contributed by atoms with Crippen molar-refractivity contribution in [2.45, 2.75) is 28.8 Å². The Kier molecular flexibility index (Phi) is 5.97. The first-order valence-electron chi connectivity index (χ1n) is 7.00. The molecule has 0 unspecified atom stereocenters. The van der Waals surface area contributed by atoms with Crippen molar-refractivity contribution in [3.8, 4) is 0 Å². The molecule has 1 aliphatic heterocycles. The van der Waals surface area contributed by atoms with E-state index in [1.54, 1.807) is 4.90 Å². The van der Waals surface area contributed by atoms with E-state index in [-0.39, 0.29) is 13.2 Å². The molecule has 1 heterocycles. The van der Waals surface area contributed by atoms with Gasteiger partial charge in [-0.05, 0) is 24.9 Å². The fourth-order valence-corrected chi connectivity index (χ4v) is 3.19. The largest absolute Gasteiger partial charge is 0.480 e. The van der Waals surface area contributed by atoms with Gasteiger partial charge in [-0.1, -0.05) is 65.1 Å². The monoisotopic (exact) mass is 365 g/mol. The minimum atomic E-state index is -1.51. The van der Waals surface area contributed by atoms with E-state index in [1.165, 1.54) is 0 Å². The quantitative estimate of drug-likeness (QED) is 0.783. The van der Waals surface area contributed by atoms with Crippen molar-refractivity contribution in [2.24, 2.45) is 0 Å². The number of alkyl halides is 3. The van der Waals surface area contributed by atoms with Crippen molar-refractivity contribution in [1.29, 1.82) is 0 Å². The topological polar surface area (TPSA) is 49.8 Å². The maximum absolute atomic E-state index is 11.8. The molecule has 1 aliphatic rings. The Bertz CT molecular complexity index is 507. The maximum Gasteiger partial charge on any atom is 0.326 e. The third-order valence-corrected chi connectivity index (χ3v) is 4.20. The Morgan fingerprint density at radius 2 is 2.00 bits per heavy atom. The Morgan fingerprint density at radius 3 is 2.59 bits per heavy atom. The number of aliphatic carboxylic acids is 1. The summed E-state index contributed by atoms with van der Waals surface area (Å²) in [6.45, 7) is 1.07. The normalized spacial score (nSPS) is 22.9. The highest BCUT2D eigenvalue weighted by Gasteiger charge is 2.49. The number of halogens is 3. The van der Waals surface area contributed by atoms with Gasteiger partial charge in [0.05, 0.1) is 13.2 Å². The summed E-state index contributed by atoms with van der Waals surface area (Å²) in [5.41, 5.74) is -0.132. The zero-order valence-corrected chi connectivity index (χ0v) is 14.2. The van der Waals surface area contributed by atoms with Gasteiger partial charge in [-0.2, -0.15) is 0 Å². The van der Waals surface area contributed by atoms with Crippen molar-refractivity contribution >= 4 is 40.8 Å². The summed E-state index contributed by atoms with van der Waals surface area (Å²) in [6.07, 6.45) is 1.22. The molecule has 0 amide bonds. The molecule has 2 rings (SSSR count). The predicted octanol–water partition coefficient (Wildman–Crippen LogP) is 3.49. The van der Waals surface area contributed by atoms with Crippen LogP contribution in [-0.4, -0.2) is 45.0 Å². The lowest BCUT2D eigenvalue weighted by atomic mass is 9.97. The Hall–Kier alpha value is -0.520. The third kappa shape index (κ3) is 4.49. The highest BCUT2D eigenvalue weighted by atomic mass is 35.6. The number of hydrogen-bond acceptors (Lipinski definition) is 3. The molecule has 1 aromatic carbocycles. The van der Waals surface area contributed by atoms with Gasteiger partial charge in [0.1, 0.15) is 5.54 Å². The van der Waals surface area contributed by atoms with Crippen LogP contribution in [0.2, 0.25) is 0 Å². The van der Waals surface area contributed by atoms with E-state index < -0.39 is 15.3 Å². The number of carboxylic acids is 1. The molecule has 122 valence electrons. The van der Waals surface area contributed by atoms with Crippen LogP contribution in [0.25, 0.3) is 0 Å². The molecule has 0 aliphatic carbocycles. The molecule has 0 saturated carbocycles. The first-order chi connectivity index (χ1) is 10.3. The van der Waals surface area contributed by atoms with E-state index in [1.807, 2.05) is 30.3 Å². The molecule has 22 heavy (non-hydrogen) atoms.